The molecule has 16 heavy (non-hydrogen) atoms. The summed E-state index contributed by atoms with van der Waals surface area (Å²) < 4.78 is 0. The van der Waals surface area contributed by atoms with E-state index in [0.717, 1.165) is 5.92 Å². The van der Waals surface area contributed by atoms with Gasteiger partial charge < -0.3 is 5.11 Å². The maximum atomic E-state index is 9.80. The van der Waals surface area contributed by atoms with Crippen LogP contribution in [0.3, 0.4) is 0 Å². The highest BCUT2D eigenvalue weighted by molar-refractivity contribution is 6.79. The van der Waals surface area contributed by atoms with Crippen LogP contribution in [0, 0.1) is 11.3 Å². The molecule has 0 heterocycles. The van der Waals surface area contributed by atoms with Crippen molar-refractivity contribution in [1.82, 2.24) is 0 Å². The highest BCUT2D eigenvalue weighted by atomic mass is 28.3. The van der Waals surface area contributed by atoms with Crippen LogP contribution in [0.2, 0.25) is 24.7 Å². The van der Waals surface area contributed by atoms with Gasteiger partial charge in [0.2, 0.25) is 0 Å². The van der Waals surface area contributed by atoms with Crippen LogP contribution < -0.4 is 0 Å². The number of aliphatic hydroxyl groups is 1. The van der Waals surface area contributed by atoms with Crippen molar-refractivity contribution in [3.63, 3.8) is 0 Å². The highest BCUT2D eigenvalue weighted by Gasteiger charge is 2.46. The zero-order valence-electron chi connectivity index (χ0n) is 12.1. The van der Waals surface area contributed by atoms with Crippen molar-refractivity contribution < 1.29 is 5.11 Å². The molecule has 0 spiro atoms. The second-order valence-corrected chi connectivity index (χ2v) is 13.4. The predicted octanol–water partition coefficient (Wildman–Crippen LogP) is 4.29. The molecule has 96 valence electrons. The van der Waals surface area contributed by atoms with Gasteiger partial charge in [-0.25, -0.2) is 0 Å². The first-order valence-corrected chi connectivity index (χ1v) is 10.2. The zero-order valence-corrected chi connectivity index (χ0v) is 13.1. The van der Waals surface area contributed by atoms with Crippen molar-refractivity contribution in [2.45, 2.75) is 71.1 Å². The molecular weight excluding hydrogens is 212 g/mol. The molecule has 1 rings (SSSR count). The summed E-state index contributed by atoms with van der Waals surface area (Å²) in [6, 6.07) is 0. The number of hydrogen-bond donors (Lipinski definition) is 1. The van der Waals surface area contributed by atoms with Gasteiger partial charge in [-0.3, -0.25) is 0 Å². The summed E-state index contributed by atoms with van der Waals surface area (Å²) in [6.45, 7) is 14.7. The van der Waals surface area contributed by atoms with Crippen LogP contribution in [0.25, 0.3) is 0 Å². The van der Waals surface area contributed by atoms with Gasteiger partial charge in [0.1, 0.15) is 0 Å². The van der Waals surface area contributed by atoms with Gasteiger partial charge in [-0.1, -0.05) is 40.4 Å². The smallest absolute Gasteiger partial charge is 0.0534 e. The van der Waals surface area contributed by atoms with E-state index in [1.54, 1.807) is 0 Å². The third-order valence-corrected chi connectivity index (χ3v) is 8.90. The summed E-state index contributed by atoms with van der Waals surface area (Å²) in [5.74, 6) is 0.850. The monoisotopic (exact) mass is 242 g/mol. The maximum absolute atomic E-state index is 9.80. The van der Waals surface area contributed by atoms with E-state index in [0.29, 0.717) is 17.1 Å². The van der Waals surface area contributed by atoms with Crippen molar-refractivity contribution in [2.75, 3.05) is 6.61 Å². The Hall–Kier alpha value is 0.177. The molecule has 0 amide bonds. The van der Waals surface area contributed by atoms with Gasteiger partial charge in [-0.05, 0) is 42.1 Å². The van der Waals surface area contributed by atoms with Crippen LogP contribution in [0.15, 0.2) is 0 Å². The van der Waals surface area contributed by atoms with Crippen molar-refractivity contribution in [3.8, 4) is 0 Å². The fraction of sp³-hybridized carbons (Fsp3) is 1.00. The van der Waals surface area contributed by atoms with Gasteiger partial charge in [0, 0.05) is 6.61 Å². The molecule has 1 aliphatic rings. The van der Waals surface area contributed by atoms with Gasteiger partial charge in [0.15, 0.2) is 0 Å². The Kier molecular flexibility index (Phi) is 3.96. The molecule has 0 atom stereocenters. The topological polar surface area (TPSA) is 20.2 Å². The Labute approximate surface area is 103 Å². The van der Waals surface area contributed by atoms with Crippen LogP contribution in [0.5, 0.6) is 0 Å². The van der Waals surface area contributed by atoms with Crippen LogP contribution >= 0.6 is 0 Å². The van der Waals surface area contributed by atoms with Crippen LogP contribution in [-0.4, -0.2) is 19.8 Å². The lowest BCUT2D eigenvalue weighted by Crippen LogP contribution is -2.45. The Morgan fingerprint density at radius 3 is 1.81 bits per heavy atom. The third kappa shape index (κ3) is 2.70. The molecule has 0 aliphatic heterocycles. The van der Waals surface area contributed by atoms with Crippen molar-refractivity contribution in [1.29, 1.82) is 0 Å². The first kappa shape index (κ1) is 14.2. The van der Waals surface area contributed by atoms with E-state index in [2.05, 4.69) is 40.4 Å². The lowest BCUT2D eigenvalue weighted by Gasteiger charge is -2.49. The number of aliphatic hydroxyl groups excluding tert-OH is 1. The number of hydrogen-bond acceptors (Lipinski definition) is 1. The van der Waals surface area contributed by atoms with Gasteiger partial charge in [-0.2, -0.15) is 0 Å². The normalized spacial score (nSPS) is 32.8. The molecule has 1 N–H and O–H groups in total. The largest absolute Gasteiger partial charge is 0.396 e. The fourth-order valence-electron chi connectivity index (χ4n) is 3.18. The summed E-state index contributed by atoms with van der Waals surface area (Å²) in [5, 5.41) is 10.1. The van der Waals surface area contributed by atoms with E-state index in [1.807, 2.05) is 0 Å². The average Bonchev–Trinajstić information content (AvgIpc) is 2.14. The van der Waals surface area contributed by atoms with Gasteiger partial charge >= 0.3 is 0 Å². The molecule has 0 aromatic rings. The molecule has 1 aliphatic carbocycles. The molecule has 0 aromatic heterocycles. The van der Waals surface area contributed by atoms with Crippen LogP contribution in [0.1, 0.15) is 46.5 Å². The molecule has 0 bridgehead atoms. The summed E-state index contributed by atoms with van der Waals surface area (Å²) in [6.07, 6.45) is 5.13. The molecule has 1 nitrogen and oxygen atoms in total. The summed E-state index contributed by atoms with van der Waals surface area (Å²) in [4.78, 5) is 0. The van der Waals surface area contributed by atoms with E-state index >= 15 is 0 Å². The molecular formula is C14H30OSi. The third-order valence-electron chi connectivity index (χ3n) is 5.06. The Balaban J connectivity index is 2.72. The molecule has 1 fully saturated rings. The molecule has 0 unspecified atom stereocenters. The van der Waals surface area contributed by atoms with E-state index in [4.69, 9.17) is 0 Å². The minimum absolute atomic E-state index is 0.300. The first-order chi connectivity index (χ1) is 7.12. The SMILES string of the molecule is CC(C)(C)C1CCC(CO)([Si](C)(C)C)CC1. The van der Waals surface area contributed by atoms with Crippen molar-refractivity contribution in [2.24, 2.45) is 11.3 Å². The van der Waals surface area contributed by atoms with Crippen LogP contribution in [0.4, 0.5) is 0 Å². The van der Waals surface area contributed by atoms with Crippen molar-refractivity contribution >= 4 is 8.07 Å². The molecule has 0 aromatic carbocycles. The predicted molar refractivity (Wildman–Crippen MR) is 74.5 cm³/mol. The molecule has 0 saturated heterocycles. The molecule has 2 heteroatoms. The second-order valence-electron chi connectivity index (χ2n) is 7.83. The lowest BCUT2D eigenvalue weighted by atomic mass is 9.69. The summed E-state index contributed by atoms with van der Waals surface area (Å²) in [7, 11) is -1.25. The first-order valence-electron chi connectivity index (χ1n) is 6.73. The van der Waals surface area contributed by atoms with E-state index in [1.165, 1.54) is 25.7 Å². The van der Waals surface area contributed by atoms with Crippen LogP contribution in [-0.2, 0) is 0 Å². The number of rotatable bonds is 2. The minimum Gasteiger partial charge on any atom is -0.396 e. The van der Waals surface area contributed by atoms with Gasteiger partial charge in [0.25, 0.3) is 0 Å². The quantitative estimate of drug-likeness (QED) is 0.716. The molecule has 0 radical (unpaired) electrons. The van der Waals surface area contributed by atoms with E-state index in [9.17, 15) is 5.11 Å². The average molecular weight is 242 g/mol. The zero-order chi connectivity index (χ0) is 12.6. The van der Waals surface area contributed by atoms with E-state index < -0.39 is 8.07 Å². The lowest BCUT2D eigenvalue weighted by molar-refractivity contribution is 0.119. The Morgan fingerprint density at radius 1 is 1.12 bits per heavy atom. The second kappa shape index (κ2) is 4.45. The standard InChI is InChI=1S/C14H30OSi/c1-13(2,3)12-7-9-14(11-15,10-8-12)16(4,5)6/h12,15H,7-11H2,1-6H3. The van der Waals surface area contributed by atoms with Gasteiger partial charge in [-0.15, -0.1) is 0 Å². The molecule has 1 saturated carbocycles. The fourth-order valence-corrected chi connectivity index (χ4v) is 5.44. The highest BCUT2D eigenvalue weighted by Crippen LogP contribution is 2.54. The maximum Gasteiger partial charge on any atom is 0.0534 e. The summed E-state index contributed by atoms with van der Waals surface area (Å²) in [5.41, 5.74) is 0.445. The van der Waals surface area contributed by atoms with E-state index in [-0.39, 0.29) is 0 Å². The Bertz CT molecular complexity index is 226. The van der Waals surface area contributed by atoms with Gasteiger partial charge in [0.05, 0.1) is 8.07 Å². The summed E-state index contributed by atoms with van der Waals surface area (Å²) >= 11 is 0. The minimum atomic E-state index is -1.25. The Morgan fingerprint density at radius 2 is 1.56 bits per heavy atom. The van der Waals surface area contributed by atoms with Crippen molar-refractivity contribution in [3.05, 3.63) is 0 Å².